The third-order valence-electron chi connectivity index (χ3n) is 2.72. The summed E-state index contributed by atoms with van der Waals surface area (Å²) in [7, 11) is 0. The lowest BCUT2D eigenvalue weighted by Crippen LogP contribution is -2.37. The third kappa shape index (κ3) is 3.50. The molecule has 0 bridgehead atoms. The fraction of sp³-hybridized carbons (Fsp3) is 0.727. The Morgan fingerprint density at radius 3 is 3.00 bits per heavy atom. The van der Waals surface area contributed by atoms with Gasteiger partial charge in [0.15, 0.2) is 0 Å². The van der Waals surface area contributed by atoms with Gasteiger partial charge in [-0.2, -0.15) is 0 Å². The first-order valence-corrected chi connectivity index (χ1v) is 5.38. The van der Waals surface area contributed by atoms with Gasteiger partial charge in [-0.15, -0.1) is 0 Å². The number of carbonyl (C=O) groups excluding carboxylic acids is 1. The average molecular weight is 196 g/mol. The molecule has 1 aliphatic rings. The lowest BCUT2D eigenvalue weighted by Gasteiger charge is -2.25. The Morgan fingerprint density at radius 2 is 2.36 bits per heavy atom. The van der Waals surface area contributed by atoms with Crippen molar-refractivity contribution in [2.24, 2.45) is 11.7 Å². The summed E-state index contributed by atoms with van der Waals surface area (Å²) in [6.07, 6.45) is 7.88. The summed E-state index contributed by atoms with van der Waals surface area (Å²) in [4.78, 5) is 11.6. The first-order chi connectivity index (χ1) is 6.74. The molecule has 3 N–H and O–H groups in total. The van der Waals surface area contributed by atoms with Crippen LogP contribution in [-0.4, -0.2) is 18.5 Å². The molecule has 1 aliphatic carbocycles. The van der Waals surface area contributed by atoms with E-state index < -0.39 is 0 Å². The topological polar surface area (TPSA) is 55.1 Å². The van der Waals surface area contributed by atoms with Crippen LogP contribution < -0.4 is 11.1 Å². The van der Waals surface area contributed by atoms with Crippen LogP contribution in [0.5, 0.6) is 0 Å². The quantitative estimate of drug-likeness (QED) is 0.666. The van der Waals surface area contributed by atoms with Gasteiger partial charge in [-0.05, 0) is 26.2 Å². The van der Waals surface area contributed by atoms with E-state index >= 15 is 0 Å². The van der Waals surface area contributed by atoms with Gasteiger partial charge in [-0.3, -0.25) is 4.79 Å². The summed E-state index contributed by atoms with van der Waals surface area (Å²) in [6, 6.07) is 0.223. The lowest BCUT2D eigenvalue weighted by molar-refractivity contribution is -0.125. The first-order valence-electron chi connectivity index (χ1n) is 5.38. The molecule has 1 amide bonds. The number of nitrogens with two attached hydrogens (primary N) is 1. The van der Waals surface area contributed by atoms with Gasteiger partial charge in [-0.1, -0.05) is 18.6 Å². The number of nitrogens with one attached hydrogen (secondary N) is 1. The molecule has 80 valence electrons. The number of allylic oxidation sites excluding steroid dienone is 1. The van der Waals surface area contributed by atoms with Gasteiger partial charge >= 0.3 is 0 Å². The fourth-order valence-corrected chi connectivity index (χ4v) is 1.89. The number of amides is 1. The minimum Gasteiger partial charge on any atom is -0.352 e. The van der Waals surface area contributed by atoms with E-state index in [2.05, 4.69) is 5.32 Å². The first kappa shape index (κ1) is 11.2. The summed E-state index contributed by atoms with van der Waals surface area (Å²) in [5.74, 6) is 0.308. The number of hydrogen-bond acceptors (Lipinski definition) is 2. The second-order valence-corrected chi connectivity index (χ2v) is 3.94. The maximum absolute atomic E-state index is 11.6. The molecule has 0 saturated heterocycles. The largest absolute Gasteiger partial charge is 0.352 e. The Kier molecular flexibility index (Phi) is 4.66. The van der Waals surface area contributed by atoms with E-state index in [0.29, 0.717) is 6.54 Å². The molecule has 1 saturated carbocycles. The molecular formula is C11H20N2O. The summed E-state index contributed by atoms with van der Waals surface area (Å²) in [6.45, 7) is 2.59. The predicted octanol–water partition coefficient (Wildman–Crippen LogP) is 1.20. The second kappa shape index (κ2) is 5.81. The molecule has 0 aromatic carbocycles. The van der Waals surface area contributed by atoms with E-state index in [1.165, 1.54) is 0 Å². The van der Waals surface area contributed by atoms with E-state index in [9.17, 15) is 4.79 Å². The van der Waals surface area contributed by atoms with Crippen molar-refractivity contribution in [3.05, 3.63) is 12.2 Å². The van der Waals surface area contributed by atoms with Gasteiger partial charge in [0.1, 0.15) is 0 Å². The Hall–Kier alpha value is -0.830. The van der Waals surface area contributed by atoms with Crippen molar-refractivity contribution in [2.75, 3.05) is 6.54 Å². The molecule has 3 heteroatoms. The Balaban J connectivity index is 2.28. The van der Waals surface area contributed by atoms with Crippen LogP contribution in [0.25, 0.3) is 0 Å². The van der Waals surface area contributed by atoms with Crippen LogP contribution in [-0.2, 0) is 4.79 Å². The molecule has 0 aromatic rings. The van der Waals surface area contributed by atoms with Crippen molar-refractivity contribution in [1.82, 2.24) is 5.32 Å². The summed E-state index contributed by atoms with van der Waals surface area (Å²) < 4.78 is 0. The zero-order valence-electron chi connectivity index (χ0n) is 8.83. The summed E-state index contributed by atoms with van der Waals surface area (Å²) >= 11 is 0. The highest BCUT2D eigenvalue weighted by molar-refractivity contribution is 5.78. The molecule has 0 radical (unpaired) electrons. The highest BCUT2D eigenvalue weighted by Gasteiger charge is 2.24. The zero-order valence-corrected chi connectivity index (χ0v) is 8.83. The van der Waals surface area contributed by atoms with Crippen molar-refractivity contribution in [3.63, 3.8) is 0 Å². The standard InChI is InChI=1S/C11H20N2O/c1-2-3-7-13-11(14)9-5-4-6-10(12)8-9/h2-3,9-10H,4-8,12H2,1H3,(H,13,14)/b3-2+. The lowest BCUT2D eigenvalue weighted by atomic mass is 9.85. The van der Waals surface area contributed by atoms with Gasteiger partial charge in [0.25, 0.3) is 0 Å². The maximum atomic E-state index is 11.6. The van der Waals surface area contributed by atoms with Crippen molar-refractivity contribution >= 4 is 5.91 Å². The van der Waals surface area contributed by atoms with Crippen LogP contribution >= 0.6 is 0 Å². The van der Waals surface area contributed by atoms with E-state index in [-0.39, 0.29) is 17.9 Å². The van der Waals surface area contributed by atoms with Crippen LogP contribution in [0.4, 0.5) is 0 Å². The molecular weight excluding hydrogens is 176 g/mol. The van der Waals surface area contributed by atoms with Gasteiger partial charge in [0, 0.05) is 18.5 Å². The fourth-order valence-electron chi connectivity index (χ4n) is 1.89. The van der Waals surface area contributed by atoms with E-state index in [1.807, 2.05) is 19.1 Å². The maximum Gasteiger partial charge on any atom is 0.223 e. The van der Waals surface area contributed by atoms with Crippen LogP contribution in [0.2, 0.25) is 0 Å². The van der Waals surface area contributed by atoms with Gasteiger partial charge in [0.05, 0.1) is 0 Å². The Morgan fingerprint density at radius 1 is 1.57 bits per heavy atom. The molecule has 2 atom stereocenters. The smallest absolute Gasteiger partial charge is 0.223 e. The second-order valence-electron chi connectivity index (χ2n) is 3.94. The molecule has 0 aliphatic heterocycles. The number of carbonyl (C=O) groups is 1. The normalized spacial score (nSPS) is 27.9. The van der Waals surface area contributed by atoms with Gasteiger partial charge < -0.3 is 11.1 Å². The third-order valence-corrected chi connectivity index (χ3v) is 2.72. The highest BCUT2D eigenvalue weighted by Crippen LogP contribution is 2.22. The van der Waals surface area contributed by atoms with E-state index in [4.69, 9.17) is 5.73 Å². The molecule has 0 heterocycles. The summed E-state index contributed by atoms with van der Waals surface area (Å²) in [5, 5.41) is 2.89. The monoisotopic (exact) mass is 196 g/mol. The predicted molar refractivity (Wildman–Crippen MR) is 57.8 cm³/mol. The van der Waals surface area contributed by atoms with Crippen molar-refractivity contribution < 1.29 is 4.79 Å². The van der Waals surface area contributed by atoms with Crippen LogP contribution in [0.15, 0.2) is 12.2 Å². The van der Waals surface area contributed by atoms with Crippen LogP contribution in [0.1, 0.15) is 32.6 Å². The SMILES string of the molecule is C/C=C/CNC(=O)C1CCCC(N)C1. The Bertz CT molecular complexity index is 213. The van der Waals surface area contributed by atoms with Crippen LogP contribution in [0.3, 0.4) is 0 Å². The molecule has 14 heavy (non-hydrogen) atoms. The molecule has 0 spiro atoms. The van der Waals surface area contributed by atoms with Crippen LogP contribution in [0, 0.1) is 5.92 Å². The summed E-state index contributed by atoms with van der Waals surface area (Å²) in [5.41, 5.74) is 5.82. The number of rotatable bonds is 3. The molecule has 2 unspecified atom stereocenters. The minimum absolute atomic E-state index is 0.143. The molecule has 3 nitrogen and oxygen atoms in total. The molecule has 1 rings (SSSR count). The van der Waals surface area contributed by atoms with Crippen molar-refractivity contribution in [2.45, 2.75) is 38.6 Å². The zero-order chi connectivity index (χ0) is 10.4. The molecule has 0 aromatic heterocycles. The number of hydrogen-bond donors (Lipinski definition) is 2. The van der Waals surface area contributed by atoms with E-state index in [1.54, 1.807) is 0 Å². The molecule has 1 fully saturated rings. The van der Waals surface area contributed by atoms with E-state index in [0.717, 1.165) is 25.7 Å². The average Bonchev–Trinajstić information content (AvgIpc) is 2.18. The van der Waals surface area contributed by atoms with Crippen molar-refractivity contribution in [1.29, 1.82) is 0 Å². The highest BCUT2D eigenvalue weighted by atomic mass is 16.1. The minimum atomic E-state index is 0.143. The van der Waals surface area contributed by atoms with Crippen molar-refractivity contribution in [3.8, 4) is 0 Å². The Labute approximate surface area is 85.7 Å². The van der Waals surface area contributed by atoms with Gasteiger partial charge in [-0.25, -0.2) is 0 Å². The van der Waals surface area contributed by atoms with Gasteiger partial charge in [0.2, 0.25) is 5.91 Å².